The fraction of sp³-hybridized carbons (Fsp3) is 0.235. The summed E-state index contributed by atoms with van der Waals surface area (Å²) in [7, 11) is -3.53. The Morgan fingerprint density at radius 3 is 2.25 bits per heavy atom. The third-order valence-corrected chi connectivity index (χ3v) is 5.61. The second-order valence-corrected chi connectivity index (χ2v) is 7.02. The van der Waals surface area contributed by atoms with E-state index in [-0.39, 0.29) is 10.5 Å². The first kappa shape index (κ1) is 18.1. The highest BCUT2D eigenvalue weighted by Gasteiger charge is 2.21. The van der Waals surface area contributed by atoms with E-state index in [4.69, 9.17) is 0 Å². The van der Waals surface area contributed by atoms with Crippen molar-refractivity contribution in [3.8, 4) is 0 Å². The lowest BCUT2D eigenvalue weighted by Crippen LogP contribution is -2.30. The first-order chi connectivity index (χ1) is 11.4. The van der Waals surface area contributed by atoms with Crippen LogP contribution >= 0.6 is 0 Å². The molecule has 2 aromatic rings. The molecule has 0 aliphatic heterocycles. The monoisotopic (exact) mass is 350 g/mol. The zero-order valence-corrected chi connectivity index (χ0v) is 14.3. The van der Waals surface area contributed by atoms with Crippen molar-refractivity contribution in [3.05, 3.63) is 59.9 Å². The van der Waals surface area contributed by atoms with Gasteiger partial charge < -0.3 is 5.32 Å². The highest BCUT2D eigenvalue weighted by atomic mass is 32.2. The van der Waals surface area contributed by atoms with Crippen molar-refractivity contribution >= 4 is 21.6 Å². The van der Waals surface area contributed by atoms with Gasteiger partial charge in [0, 0.05) is 24.3 Å². The van der Waals surface area contributed by atoms with Crippen molar-refractivity contribution in [1.82, 2.24) is 4.31 Å². The lowest BCUT2D eigenvalue weighted by atomic mass is 10.2. The molecule has 128 valence electrons. The molecular formula is C17H19FN2O3S. The molecule has 2 rings (SSSR count). The summed E-state index contributed by atoms with van der Waals surface area (Å²) >= 11 is 0. The highest BCUT2D eigenvalue weighted by Crippen LogP contribution is 2.19. The van der Waals surface area contributed by atoms with Crippen LogP contribution in [-0.4, -0.2) is 31.7 Å². The molecule has 0 saturated heterocycles. The van der Waals surface area contributed by atoms with E-state index < -0.39 is 21.7 Å². The summed E-state index contributed by atoms with van der Waals surface area (Å²) in [6.07, 6.45) is 0. The Kier molecular flexibility index (Phi) is 5.69. The lowest BCUT2D eigenvalue weighted by Gasteiger charge is -2.18. The molecule has 0 aliphatic rings. The molecule has 0 radical (unpaired) electrons. The minimum absolute atomic E-state index is 0.162. The number of anilines is 1. The van der Waals surface area contributed by atoms with E-state index in [1.807, 2.05) is 0 Å². The minimum Gasteiger partial charge on any atom is -0.322 e. The van der Waals surface area contributed by atoms with Crippen molar-refractivity contribution in [1.29, 1.82) is 0 Å². The molecule has 0 aromatic heterocycles. The maximum atomic E-state index is 13.1. The first-order valence-corrected chi connectivity index (χ1v) is 8.99. The summed E-state index contributed by atoms with van der Waals surface area (Å²) in [6.45, 7) is 4.32. The molecule has 5 nitrogen and oxygen atoms in total. The van der Waals surface area contributed by atoms with Crippen molar-refractivity contribution in [2.45, 2.75) is 18.7 Å². The van der Waals surface area contributed by atoms with Crippen molar-refractivity contribution in [2.24, 2.45) is 0 Å². The number of halogens is 1. The number of benzene rings is 2. The topological polar surface area (TPSA) is 66.5 Å². The molecule has 2 aromatic carbocycles. The number of carbonyl (C=O) groups excluding carboxylic acids is 1. The molecule has 0 fully saturated rings. The smallest absolute Gasteiger partial charge is 0.255 e. The van der Waals surface area contributed by atoms with E-state index in [1.54, 1.807) is 13.8 Å². The van der Waals surface area contributed by atoms with Crippen LogP contribution in [0.25, 0.3) is 0 Å². The van der Waals surface area contributed by atoms with E-state index in [0.717, 1.165) is 6.07 Å². The SMILES string of the molecule is CCN(CC)S(=O)(=O)c1ccc(NC(=O)c2cccc(F)c2)cc1. The fourth-order valence-electron chi connectivity index (χ4n) is 2.26. The van der Waals surface area contributed by atoms with Gasteiger partial charge >= 0.3 is 0 Å². The summed E-state index contributed by atoms with van der Waals surface area (Å²) in [4.78, 5) is 12.2. The van der Waals surface area contributed by atoms with E-state index >= 15 is 0 Å². The van der Waals surface area contributed by atoms with Crippen LogP contribution < -0.4 is 5.32 Å². The van der Waals surface area contributed by atoms with Crippen molar-refractivity contribution in [2.75, 3.05) is 18.4 Å². The van der Waals surface area contributed by atoms with Crippen LogP contribution in [0, 0.1) is 5.82 Å². The predicted octanol–water partition coefficient (Wildman–Crippen LogP) is 3.11. The second-order valence-electron chi connectivity index (χ2n) is 5.08. The Bertz CT molecular complexity index is 816. The largest absolute Gasteiger partial charge is 0.322 e. The number of nitrogens with zero attached hydrogens (tertiary/aromatic N) is 1. The predicted molar refractivity (Wildman–Crippen MR) is 90.9 cm³/mol. The second kappa shape index (κ2) is 7.55. The summed E-state index contributed by atoms with van der Waals surface area (Å²) < 4.78 is 39.3. The Balaban J connectivity index is 2.17. The van der Waals surface area contributed by atoms with Crippen molar-refractivity contribution in [3.63, 3.8) is 0 Å². The molecule has 24 heavy (non-hydrogen) atoms. The Morgan fingerprint density at radius 1 is 1.08 bits per heavy atom. The van der Waals surface area contributed by atoms with Gasteiger partial charge in [-0.05, 0) is 42.5 Å². The molecule has 1 N–H and O–H groups in total. The summed E-state index contributed by atoms with van der Waals surface area (Å²) in [5.41, 5.74) is 0.623. The quantitative estimate of drug-likeness (QED) is 0.870. The van der Waals surface area contributed by atoms with Gasteiger partial charge in [0.25, 0.3) is 5.91 Å². The summed E-state index contributed by atoms with van der Waals surface area (Å²) in [5.74, 6) is -0.961. The van der Waals surface area contributed by atoms with Crippen LogP contribution in [0.4, 0.5) is 10.1 Å². The standard InChI is InChI=1S/C17H19FN2O3S/c1-3-20(4-2)24(22,23)16-10-8-15(9-11-16)19-17(21)13-6-5-7-14(18)12-13/h5-12H,3-4H2,1-2H3,(H,19,21). The van der Waals surface area contributed by atoms with Gasteiger partial charge in [-0.15, -0.1) is 0 Å². The van der Waals surface area contributed by atoms with Crippen molar-refractivity contribution < 1.29 is 17.6 Å². The number of sulfonamides is 1. The average Bonchev–Trinajstić information content (AvgIpc) is 2.56. The molecule has 0 atom stereocenters. The van der Waals surface area contributed by atoms with Gasteiger partial charge in [-0.25, -0.2) is 12.8 Å². The van der Waals surface area contributed by atoms with E-state index in [0.29, 0.717) is 18.8 Å². The van der Waals surface area contributed by atoms with E-state index in [1.165, 1.54) is 46.8 Å². The third kappa shape index (κ3) is 3.98. The normalized spacial score (nSPS) is 11.5. The summed E-state index contributed by atoms with van der Waals surface area (Å²) in [5, 5.41) is 2.61. The first-order valence-electron chi connectivity index (χ1n) is 7.55. The third-order valence-electron chi connectivity index (χ3n) is 3.54. The lowest BCUT2D eigenvalue weighted by molar-refractivity contribution is 0.102. The van der Waals surface area contributed by atoms with Crippen LogP contribution in [0.15, 0.2) is 53.4 Å². The summed E-state index contributed by atoms with van der Waals surface area (Å²) in [6, 6.07) is 11.2. The highest BCUT2D eigenvalue weighted by molar-refractivity contribution is 7.89. The Morgan fingerprint density at radius 2 is 1.71 bits per heavy atom. The van der Waals surface area contributed by atoms with E-state index in [9.17, 15) is 17.6 Å². The average molecular weight is 350 g/mol. The van der Waals surface area contributed by atoms with Gasteiger partial charge in [-0.2, -0.15) is 4.31 Å². The molecule has 0 unspecified atom stereocenters. The van der Waals surface area contributed by atoms with Crippen LogP contribution in [0.2, 0.25) is 0 Å². The number of carbonyl (C=O) groups is 1. The fourth-order valence-corrected chi connectivity index (χ4v) is 3.71. The van der Waals surface area contributed by atoms with Gasteiger partial charge in [-0.3, -0.25) is 4.79 Å². The van der Waals surface area contributed by atoms with Gasteiger partial charge in [0.1, 0.15) is 5.82 Å². The number of nitrogens with one attached hydrogen (secondary N) is 1. The molecule has 0 heterocycles. The Hall–Kier alpha value is -2.25. The molecule has 0 bridgehead atoms. The van der Waals surface area contributed by atoms with Crippen LogP contribution in [0.5, 0.6) is 0 Å². The molecule has 1 amide bonds. The maximum absolute atomic E-state index is 13.1. The van der Waals surface area contributed by atoms with Crippen LogP contribution in [-0.2, 0) is 10.0 Å². The number of hydrogen-bond acceptors (Lipinski definition) is 3. The Labute approximate surface area is 141 Å². The molecule has 0 spiro atoms. The van der Waals surface area contributed by atoms with Gasteiger partial charge in [-0.1, -0.05) is 19.9 Å². The molecule has 0 aliphatic carbocycles. The molecular weight excluding hydrogens is 331 g/mol. The van der Waals surface area contributed by atoms with Gasteiger partial charge in [0.05, 0.1) is 4.90 Å². The minimum atomic E-state index is -3.53. The molecule has 7 heteroatoms. The van der Waals surface area contributed by atoms with Gasteiger partial charge in [0.15, 0.2) is 0 Å². The maximum Gasteiger partial charge on any atom is 0.255 e. The van der Waals surface area contributed by atoms with E-state index in [2.05, 4.69) is 5.32 Å². The van der Waals surface area contributed by atoms with Gasteiger partial charge in [0.2, 0.25) is 10.0 Å². The number of rotatable bonds is 6. The molecule has 0 saturated carbocycles. The number of amides is 1. The van der Waals surface area contributed by atoms with Crippen LogP contribution in [0.1, 0.15) is 24.2 Å². The van der Waals surface area contributed by atoms with Crippen LogP contribution in [0.3, 0.4) is 0 Å². The zero-order valence-electron chi connectivity index (χ0n) is 13.5. The number of hydrogen-bond donors (Lipinski definition) is 1. The zero-order chi connectivity index (χ0) is 17.7.